The molecule has 3 rings (SSSR count). The van der Waals surface area contributed by atoms with Gasteiger partial charge in [0.2, 0.25) is 0 Å². The molecule has 0 N–H and O–H groups in total. The molecule has 1 aliphatic rings. The smallest absolute Gasteiger partial charge is 0.328 e. The van der Waals surface area contributed by atoms with Gasteiger partial charge in [0.15, 0.2) is 11.2 Å². The number of ketones is 1. The number of hydrogen-bond acceptors (Lipinski definition) is 4. The van der Waals surface area contributed by atoms with Crippen LogP contribution in [0.2, 0.25) is 0 Å². The molecule has 0 unspecified atom stereocenters. The third-order valence-corrected chi connectivity index (χ3v) is 4.28. The molecule has 0 saturated carbocycles. The van der Waals surface area contributed by atoms with E-state index in [4.69, 9.17) is 4.74 Å². The van der Waals surface area contributed by atoms with Crippen LogP contribution in [0.1, 0.15) is 27.6 Å². The number of rotatable bonds is 5. The standard InChI is InChI=1S/C22H19NO4/c1-2-27-21(26)22(19(24)17-9-5-3-6-10-17)13-15-23(16-14-22)20(25)18-11-7-4-8-12-18/h3-16H,2H2,1H3. The molecule has 0 atom stereocenters. The quantitative estimate of drug-likeness (QED) is 0.464. The zero-order chi connectivity index (χ0) is 19.3. The van der Waals surface area contributed by atoms with Crippen LogP contribution in [0.5, 0.6) is 0 Å². The lowest BCUT2D eigenvalue weighted by Gasteiger charge is -2.28. The van der Waals surface area contributed by atoms with Crippen molar-refractivity contribution in [1.82, 2.24) is 4.90 Å². The summed E-state index contributed by atoms with van der Waals surface area (Å²) in [6, 6.07) is 17.3. The molecule has 1 amide bonds. The van der Waals surface area contributed by atoms with E-state index in [-0.39, 0.29) is 12.5 Å². The van der Waals surface area contributed by atoms with Crippen LogP contribution in [-0.2, 0) is 9.53 Å². The highest BCUT2D eigenvalue weighted by Gasteiger charge is 2.45. The number of amides is 1. The van der Waals surface area contributed by atoms with Crippen molar-refractivity contribution in [1.29, 1.82) is 0 Å². The van der Waals surface area contributed by atoms with Crippen LogP contribution in [0.25, 0.3) is 0 Å². The maximum absolute atomic E-state index is 13.1. The van der Waals surface area contributed by atoms with Crippen molar-refractivity contribution >= 4 is 17.7 Å². The summed E-state index contributed by atoms with van der Waals surface area (Å²) in [5.41, 5.74) is -0.697. The van der Waals surface area contributed by atoms with Crippen molar-refractivity contribution in [3.63, 3.8) is 0 Å². The molecular formula is C22H19NO4. The normalized spacial score (nSPS) is 14.6. The van der Waals surface area contributed by atoms with E-state index in [0.29, 0.717) is 11.1 Å². The van der Waals surface area contributed by atoms with Crippen LogP contribution < -0.4 is 0 Å². The van der Waals surface area contributed by atoms with Crippen LogP contribution in [0.3, 0.4) is 0 Å². The molecule has 5 heteroatoms. The topological polar surface area (TPSA) is 63.7 Å². The maximum Gasteiger partial charge on any atom is 0.328 e. The number of hydrogen-bond donors (Lipinski definition) is 0. The Hall–Kier alpha value is -3.47. The lowest BCUT2D eigenvalue weighted by atomic mass is 9.79. The lowest BCUT2D eigenvalue weighted by molar-refractivity contribution is -0.147. The SMILES string of the molecule is CCOC(=O)C1(C(=O)c2ccccc2)C=CN(C(=O)c2ccccc2)C=C1. The Balaban J connectivity index is 1.93. The Bertz CT molecular complexity index is 886. The van der Waals surface area contributed by atoms with E-state index in [2.05, 4.69) is 0 Å². The van der Waals surface area contributed by atoms with E-state index in [1.54, 1.807) is 61.5 Å². The van der Waals surface area contributed by atoms with Gasteiger partial charge in [-0.05, 0) is 31.2 Å². The first-order valence-electron chi connectivity index (χ1n) is 8.62. The molecule has 1 heterocycles. The van der Waals surface area contributed by atoms with E-state index in [1.165, 1.54) is 29.5 Å². The molecular weight excluding hydrogens is 342 g/mol. The summed E-state index contributed by atoms with van der Waals surface area (Å²) < 4.78 is 5.14. The van der Waals surface area contributed by atoms with Crippen LogP contribution in [0, 0.1) is 5.41 Å². The minimum absolute atomic E-state index is 0.150. The number of esters is 1. The van der Waals surface area contributed by atoms with Crippen molar-refractivity contribution in [3.8, 4) is 0 Å². The zero-order valence-electron chi connectivity index (χ0n) is 14.9. The highest BCUT2D eigenvalue weighted by Crippen LogP contribution is 2.32. The number of Topliss-reactive ketones (excluding diaryl/α,β-unsaturated/α-hetero) is 1. The molecule has 0 fully saturated rings. The van der Waals surface area contributed by atoms with Gasteiger partial charge in [0, 0.05) is 23.5 Å². The van der Waals surface area contributed by atoms with E-state index in [1.807, 2.05) is 6.07 Å². The number of ether oxygens (including phenoxy) is 1. The number of nitrogens with zero attached hydrogens (tertiary/aromatic N) is 1. The zero-order valence-corrected chi connectivity index (χ0v) is 14.9. The highest BCUT2D eigenvalue weighted by atomic mass is 16.5. The van der Waals surface area contributed by atoms with Crippen LogP contribution >= 0.6 is 0 Å². The lowest BCUT2D eigenvalue weighted by Crippen LogP contribution is -2.40. The minimum atomic E-state index is -1.59. The first-order chi connectivity index (χ1) is 13.1. The molecule has 2 aromatic rings. The average Bonchev–Trinajstić information content (AvgIpc) is 2.74. The van der Waals surface area contributed by atoms with Gasteiger partial charge < -0.3 is 4.74 Å². The van der Waals surface area contributed by atoms with Gasteiger partial charge in [-0.25, -0.2) is 0 Å². The summed E-state index contributed by atoms with van der Waals surface area (Å²) in [5, 5.41) is 0. The molecule has 136 valence electrons. The fraction of sp³-hybridized carbons (Fsp3) is 0.136. The highest BCUT2D eigenvalue weighted by molar-refractivity contribution is 6.16. The Morgan fingerprint density at radius 1 is 0.852 bits per heavy atom. The maximum atomic E-state index is 13.1. The summed E-state index contributed by atoms with van der Waals surface area (Å²) in [5.74, 6) is -1.33. The monoisotopic (exact) mass is 361 g/mol. The van der Waals surface area contributed by atoms with Crippen molar-refractivity contribution in [2.24, 2.45) is 5.41 Å². The molecule has 5 nitrogen and oxygen atoms in total. The van der Waals surface area contributed by atoms with Gasteiger partial charge in [-0.1, -0.05) is 48.5 Å². The summed E-state index contributed by atoms with van der Waals surface area (Å²) >= 11 is 0. The molecule has 0 aromatic heterocycles. The van der Waals surface area contributed by atoms with Gasteiger partial charge >= 0.3 is 5.97 Å². The van der Waals surface area contributed by atoms with E-state index < -0.39 is 17.2 Å². The van der Waals surface area contributed by atoms with Crippen molar-refractivity contribution in [3.05, 3.63) is 96.3 Å². The number of carbonyl (C=O) groups is 3. The van der Waals surface area contributed by atoms with Gasteiger partial charge in [-0.3, -0.25) is 19.3 Å². The number of benzene rings is 2. The molecule has 27 heavy (non-hydrogen) atoms. The Morgan fingerprint density at radius 3 is 1.89 bits per heavy atom. The predicted molar refractivity (Wildman–Crippen MR) is 101 cm³/mol. The molecule has 1 aliphatic heterocycles. The Kier molecular flexibility index (Phi) is 5.31. The summed E-state index contributed by atoms with van der Waals surface area (Å²) in [7, 11) is 0. The van der Waals surface area contributed by atoms with Crippen LogP contribution in [0.4, 0.5) is 0 Å². The van der Waals surface area contributed by atoms with Gasteiger partial charge in [-0.15, -0.1) is 0 Å². The van der Waals surface area contributed by atoms with Crippen molar-refractivity contribution in [2.75, 3.05) is 6.61 Å². The summed E-state index contributed by atoms with van der Waals surface area (Å²) in [6.07, 6.45) is 5.71. The fourth-order valence-corrected chi connectivity index (χ4v) is 2.83. The first-order valence-corrected chi connectivity index (χ1v) is 8.62. The molecule has 0 aliphatic carbocycles. The van der Waals surface area contributed by atoms with E-state index in [9.17, 15) is 14.4 Å². The Labute approximate surface area is 157 Å². The first kappa shape index (κ1) is 18.3. The van der Waals surface area contributed by atoms with Crippen molar-refractivity contribution < 1.29 is 19.1 Å². The minimum Gasteiger partial charge on any atom is -0.465 e. The number of carbonyl (C=O) groups excluding carboxylic acids is 3. The third kappa shape index (κ3) is 3.58. The summed E-state index contributed by atoms with van der Waals surface area (Å²) in [6.45, 7) is 1.83. The predicted octanol–water partition coefficient (Wildman–Crippen LogP) is 3.60. The van der Waals surface area contributed by atoms with Gasteiger partial charge in [0.25, 0.3) is 5.91 Å². The molecule has 0 radical (unpaired) electrons. The van der Waals surface area contributed by atoms with Gasteiger partial charge in [-0.2, -0.15) is 0 Å². The summed E-state index contributed by atoms with van der Waals surface area (Å²) in [4.78, 5) is 39.6. The molecule has 0 bridgehead atoms. The Morgan fingerprint density at radius 2 is 1.37 bits per heavy atom. The second-order valence-electron chi connectivity index (χ2n) is 5.99. The molecule has 0 saturated heterocycles. The molecule has 0 spiro atoms. The largest absolute Gasteiger partial charge is 0.465 e. The third-order valence-electron chi connectivity index (χ3n) is 4.28. The van der Waals surface area contributed by atoms with Gasteiger partial charge in [0.1, 0.15) is 0 Å². The van der Waals surface area contributed by atoms with Crippen molar-refractivity contribution in [2.45, 2.75) is 6.92 Å². The average molecular weight is 361 g/mol. The van der Waals surface area contributed by atoms with Crippen LogP contribution in [-0.4, -0.2) is 29.2 Å². The van der Waals surface area contributed by atoms with Gasteiger partial charge in [0.05, 0.1) is 6.61 Å². The molecule has 2 aromatic carbocycles. The fourth-order valence-electron chi connectivity index (χ4n) is 2.83. The van der Waals surface area contributed by atoms with E-state index >= 15 is 0 Å². The second-order valence-corrected chi connectivity index (χ2v) is 5.99. The van der Waals surface area contributed by atoms with E-state index in [0.717, 1.165) is 0 Å². The van der Waals surface area contributed by atoms with Crippen LogP contribution in [0.15, 0.2) is 85.2 Å². The second kappa shape index (κ2) is 7.83.